The van der Waals surface area contributed by atoms with E-state index >= 15 is 0 Å². The Morgan fingerprint density at radius 2 is 1.89 bits per heavy atom. The van der Waals surface area contributed by atoms with Crippen molar-refractivity contribution in [2.45, 2.75) is 31.9 Å². The van der Waals surface area contributed by atoms with Gasteiger partial charge < -0.3 is 4.89 Å². The van der Waals surface area contributed by atoms with Crippen LogP contribution in [0.25, 0.3) is 0 Å². The highest BCUT2D eigenvalue weighted by Crippen LogP contribution is 2.52. The van der Waals surface area contributed by atoms with Crippen LogP contribution in [0, 0.1) is 0 Å². The van der Waals surface area contributed by atoms with E-state index < -0.39 is 7.82 Å². The molecule has 0 saturated carbocycles. The van der Waals surface area contributed by atoms with E-state index in [4.69, 9.17) is 8.49 Å². The van der Waals surface area contributed by atoms with Gasteiger partial charge in [-0.15, -0.1) is 0 Å². The van der Waals surface area contributed by atoms with Gasteiger partial charge in [-0.25, -0.2) is 8.54 Å². The lowest BCUT2D eigenvalue weighted by Crippen LogP contribution is -2.04. The van der Waals surface area contributed by atoms with Crippen molar-refractivity contribution in [3.05, 3.63) is 35.9 Å². The highest BCUT2D eigenvalue weighted by Gasteiger charge is 2.23. The molecule has 1 unspecified atom stereocenters. The molecule has 0 aliphatic carbocycles. The molecule has 108 valence electrons. The Morgan fingerprint density at radius 3 is 2.47 bits per heavy atom. The van der Waals surface area contributed by atoms with E-state index in [0.717, 1.165) is 16.6 Å². The van der Waals surface area contributed by atoms with E-state index in [9.17, 15) is 9.46 Å². The molecule has 1 atom stereocenters. The average molecular weight is 322 g/mol. The molecule has 1 N–H and O–H groups in total. The molecule has 0 amide bonds. The second-order valence-electron chi connectivity index (χ2n) is 4.88. The van der Waals surface area contributed by atoms with Crippen LogP contribution in [0.2, 0.25) is 0 Å². The number of hydrogen-bond acceptors (Lipinski definition) is 5. The number of benzene rings is 1. The van der Waals surface area contributed by atoms with E-state index in [1.54, 1.807) is 0 Å². The summed E-state index contributed by atoms with van der Waals surface area (Å²) >= 11 is 0.892. The Kier molecular flexibility index (Phi) is 6.94. The maximum atomic E-state index is 11.6. The Morgan fingerprint density at radius 1 is 1.26 bits per heavy atom. The van der Waals surface area contributed by atoms with Crippen LogP contribution in [0.3, 0.4) is 0 Å². The van der Waals surface area contributed by atoms with E-state index in [-0.39, 0.29) is 11.4 Å². The Bertz CT molecular complexity index is 419. The zero-order valence-electron chi connectivity index (χ0n) is 11.2. The molecule has 0 bridgehead atoms. The maximum absolute atomic E-state index is 11.6. The second kappa shape index (κ2) is 7.72. The molecule has 1 aromatic rings. The molecule has 19 heavy (non-hydrogen) atoms. The van der Waals surface area contributed by atoms with Gasteiger partial charge in [0.05, 0.1) is 17.7 Å². The molecule has 0 aromatic heterocycles. The van der Waals surface area contributed by atoms with E-state index in [0.29, 0.717) is 6.42 Å². The summed E-state index contributed by atoms with van der Waals surface area (Å²) < 4.78 is 21.2. The van der Waals surface area contributed by atoms with Crippen molar-refractivity contribution in [2.24, 2.45) is 0 Å². The second-order valence-corrected chi connectivity index (χ2v) is 9.10. The van der Waals surface area contributed by atoms with Crippen molar-refractivity contribution < 1.29 is 18.0 Å². The normalized spacial score (nSPS) is 15.2. The lowest BCUT2D eigenvalue weighted by molar-refractivity contribution is 0.215. The molecule has 0 aliphatic rings. The van der Waals surface area contributed by atoms with Gasteiger partial charge in [0, 0.05) is 4.75 Å². The van der Waals surface area contributed by atoms with Crippen molar-refractivity contribution in [1.82, 2.24) is 0 Å². The van der Waals surface area contributed by atoms with Gasteiger partial charge in [0.15, 0.2) is 0 Å². The molecule has 0 spiro atoms. The van der Waals surface area contributed by atoms with Crippen LogP contribution in [0.1, 0.15) is 26.3 Å². The van der Waals surface area contributed by atoms with Crippen LogP contribution in [-0.4, -0.2) is 16.2 Å². The molecule has 0 radical (unpaired) electrons. The van der Waals surface area contributed by atoms with E-state index in [2.05, 4.69) is 0 Å². The summed E-state index contributed by atoms with van der Waals surface area (Å²) in [4.78, 5) is 9.47. The van der Waals surface area contributed by atoms with Gasteiger partial charge in [-0.05, 0) is 12.0 Å². The predicted octanol–water partition coefficient (Wildman–Crippen LogP) is 4.46. The lowest BCUT2D eigenvalue weighted by atomic mass is 10.2. The molecule has 1 rings (SSSR count). The summed E-state index contributed by atoms with van der Waals surface area (Å²) in [5.74, 6) is 0. The molecule has 7 heteroatoms. The van der Waals surface area contributed by atoms with Crippen molar-refractivity contribution in [3.8, 4) is 0 Å². The molecule has 4 nitrogen and oxygen atoms in total. The number of hydrogen-bond donors (Lipinski definition) is 1. The first kappa shape index (κ1) is 17.1. The quantitative estimate of drug-likeness (QED) is 0.454. The SMILES string of the molecule is CC(C)(C)SSOP(=O)(O)OCCc1ccccc1. The third kappa shape index (κ3) is 8.74. The van der Waals surface area contributed by atoms with E-state index in [1.165, 1.54) is 10.8 Å². The third-order valence-corrected chi connectivity index (χ3v) is 6.22. The Labute approximate surface area is 122 Å². The van der Waals surface area contributed by atoms with Gasteiger partial charge in [-0.3, -0.25) is 4.52 Å². The van der Waals surface area contributed by atoms with Gasteiger partial charge in [-0.1, -0.05) is 61.9 Å². The van der Waals surface area contributed by atoms with Crippen LogP contribution in [0.15, 0.2) is 30.3 Å². The van der Waals surface area contributed by atoms with Crippen LogP contribution in [0.5, 0.6) is 0 Å². The highest BCUT2D eigenvalue weighted by molar-refractivity contribution is 8.75. The Hall–Kier alpha value is 0.0300. The largest absolute Gasteiger partial charge is 0.484 e. The fourth-order valence-electron chi connectivity index (χ4n) is 1.10. The van der Waals surface area contributed by atoms with E-state index in [1.807, 2.05) is 51.1 Å². The minimum absolute atomic E-state index is 0.0469. The molecule has 0 saturated heterocycles. The first-order valence-corrected chi connectivity index (χ1v) is 9.41. The summed E-state index contributed by atoms with van der Waals surface area (Å²) in [6.45, 7) is 6.13. The summed E-state index contributed by atoms with van der Waals surface area (Å²) in [6.07, 6.45) is 0.575. The fraction of sp³-hybridized carbons (Fsp3) is 0.500. The maximum Gasteiger partial charge on any atom is 0.484 e. The molecular formula is C12H19O4PS2. The standard InChI is InChI=1S/C12H19O4PS2/c1-12(2,3)18-19-16-17(13,14)15-10-9-11-7-5-4-6-8-11/h4-8H,9-10H2,1-3H3,(H,13,14). The molecule has 0 aliphatic heterocycles. The van der Waals surface area contributed by atoms with Crippen LogP contribution in [-0.2, 0) is 19.5 Å². The third-order valence-electron chi connectivity index (χ3n) is 1.90. The number of phosphoric acid groups is 1. The predicted molar refractivity (Wildman–Crippen MR) is 81.9 cm³/mol. The van der Waals surface area contributed by atoms with Gasteiger partial charge in [-0.2, -0.15) is 0 Å². The van der Waals surface area contributed by atoms with Gasteiger partial charge in [0.25, 0.3) is 0 Å². The zero-order valence-corrected chi connectivity index (χ0v) is 13.8. The van der Waals surface area contributed by atoms with Gasteiger partial charge >= 0.3 is 7.82 Å². The minimum Gasteiger partial charge on any atom is -0.302 e. The summed E-state index contributed by atoms with van der Waals surface area (Å²) in [5.41, 5.74) is 1.05. The summed E-state index contributed by atoms with van der Waals surface area (Å²) in [5, 5.41) is 0. The average Bonchev–Trinajstić information content (AvgIpc) is 2.28. The summed E-state index contributed by atoms with van der Waals surface area (Å²) in [6, 6.07) is 9.64. The molecular weight excluding hydrogens is 303 g/mol. The zero-order chi connectivity index (χ0) is 14.4. The van der Waals surface area contributed by atoms with Gasteiger partial charge in [0.1, 0.15) is 0 Å². The Balaban J connectivity index is 2.25. The van der Waals surface area contributed by atoms with Crippen molar-refractivity contribution in [2.75, 3.05) is 6.61 Å². The van der Waals surface area contributed by atoms with Crippen molar-refractivity contribution in [3.63, 3.8) is 0 Å². The summed E-state index contributed by atoms with van der Waals surface area (Å²) in [7, 11) is -2.60. The fourth-order valence-corrected chi connectivity index (χ4v) is 3.81. The molecule has 0 heterocycles. The monoisotopic (exact) mass is 322 g/mol. The van der Waals surface area contributed by atoms with Crippen LogP contribution >= 0.6 is 29.7 Å². The minimum atomic E-state index is -3.97. The topological polar surface area (TPSA) is 55.8 Å². The highest BCUT2D eigenvalue weighted by atomic mass is 33.1. The van der Waals surface area contributed by atoms with Crippen LogP contribution < -0.4 is 0 Å². The smallest absolute Gasteiger partial charge is 0.302 e. The lowest BCUT2D eigenvalue weighted by Gasteiger charge is -2.16. The molecule has 0 fully saturated rings. The van der Waals surface area contributed by atoms with Gasteiger partial charge in [0.2, 0.25) is 0 Å². The number of phosphoric ester groups is 1. The first-order chi connectivity index (χ1) is 8.79. The van der Waals surface area contributed by atoms with Crippen molar-refractivity contribution in [1.29, 1.82) is 0 Å². The van der Waals surface area contributed by atoms with Crippen LogP contribution in [0.4, 0.5) is 0 Å². The molecule has 1 aromatic carbocycles. The van der Waals surface area contributed by atoms with Crippen molar-refractivity contribution >= 4 is 29.7 Å². The number of rotatable bonds is 7. The first-order valence-electron chi connectivity index (χ1n) is 5.84.